The average molecular weight is 305 g/mol. The molecule has 0 saturated heterocycles. The molecule has 1 N–H and O–H groups in total. The Morgan fingerprint density at radius 1 is 1.24 bits per heavy atom. The van der Waals surface area contributed by atoms with Crippen LogP contribution in [0.4, 0.5) is 0 Å². The summed E-state index contributed by atoms with van der Waals surface area (Å²) in [6.07, 6.45) is 5.37. The van der Waals surface area contributed by atoms with Crippen molar-refractivity contribution in [1.82, 2.24) is 9.97 Å². The minimum absolute atomic E-state index is 0.0191. The van der Waals surface area contributed by atoms with E-state index in [0.717, 1.165) is 36.9 Å². The van der Waals surface area contributed by atoms with E-state index in [-0.39, 0.29) is 11.3 Å². The molecule has 0 amide bonds. The molecule has 0 radical (unpaired) electrons. The number of carboxylic acid groups (broad SMARTS) is 1. The molecule has 0 bridgehead atoms. The summed E-state index contributed by atoms with van der Waals surface area (Å²) in [5, 5.41) is 9.59. The molecule has 2 aromatic rings. The van der Waals surface area contributed by atoms with Gasteiger partial charge in [-0.05, 0) is 43.9 Å². The Hall–Kier alpha value is -2.14. The summed E-state index contributed by atoms with van der Waals surface area (Å²) < 4.78 is 5.73. The van der Waals surface area contributed by atoms with Crippen LogP contribution in [0.3, 0.4) is 0 Å². The van der Waals surface area contributed by atoms with Crippen LogP contribution in [-0.2, 0) is 12.8 Å². The third-order valence-corrected chi connectivity index (χ3v) is 3.70. The molecule has 3 rings (SSSR count). The van der Waals surface area contributed by atoms with Gasteiger partial charge in [0.2, 0.25) is 5.88 Å². The molecule has 108 valence electrons. The predicted molar refractivity (Wildman–Crippen MR) is 77.2 cm³/mol. The number of aryl methyl sites for hydroxylation is 1. The topological polar surface area (TPSA) is 72.3 Å². The van der Waals surface area contributed by atoms with Crippen LogP contribution < -0.4 is 4.74 Å². The van der Waals surface area contributed by atoms with Crippen LogP contribution in [0.1, 0.15) is 34.5 Å². The number of nitrogens with zero attached hydrogens (tertiary/aromatic N) is 2. The van der Waals surface area contributed by atoms with E-state index in [9.17, 15) is 9.90 Å². The number of aromatic carboxylic acids is 1. The van der Waals surface area contributed by atoms with Gasteiger partial charge in [0.05, 0.1) is 5.69 Å². The van der Waals surface area contributed by atoms with E-state index in [1.54, 1.807) is 12.1 Å². The monoisotopic (exact) mass is 304 g/mol. The molecule has 0 atom stereocenters. The summed E-state index contributed by atoms with van der Waals surface area (Å²) in [6.45, 7) is 0. The third-order valence-electron chi connectivity index (χ3n) is 3.46. The predicted octanol–water partition coefficient (Wildman–Crippen LogP) is 3.50. The smallest absolute Gasteiger partial charge is 0.339 e. The second-order valence-corrected chi connectivity index (χ2v) is 5.30. The second kappa shape index (κ2) is 5.69. The number of carbonyl (C=O) groups is 1. The van der Waals surface area contributed by atoms with Crippen molar-refractivity contribution < 1.29 is 14.6 Å². The number of hydrogen-bond acceptors (Lipinski definition) is 4. The molecule has 1 aliphatic carbocycles. The lowest BCUT2D eigenvalue weighted by Crippen LogP contribution is -2.09. The van der Waals surface area contributed by atoms with Crippen molar-refractivity contribution in [3.8, 4) is 11.6 Å². The highest BCUT2D eigenvalue weighted by Crippen LogP contribution is 2.32. The zero-order chi connectivity index (χ0) is 14.8. The molecule has 5 nitrogen and oxygen atoms in total. The largest absolute Gasteiger partial charge is 0.478 e. The van der Waals surface area contributed by atoms with E-state index in [1.165, 1.54) is 12.4 Å². The van der Waals surface area contributed by atoms with Gasteiger partial charge in [-0.3, -0.25) is 0 Å². The number of hydrogen-bond donors (Lipinski definition) is 1. The lowest BCUT2D eigenvalue weighted by molar-refractivity contribution is 0.0694. The quantitative estimate of drug-likeness (QED) is 0.939. The molecule has 0 saturated carbocycles. The fourth-order valence-corrected chi connectivity index (χ4v) is 2.61. The molecule has 6 heteroatoms. The van der Waals surface area contributed by atoms with Crippen molar-refractivity contribution >= 4 is 17.6 Å². The standard InChI is InChI=1S/C15H13ClN2O3/c16-9-5-6-13(11(7-9)15(19)20)21-14-10-3-1-2-4-12(10)17-8-18-14/h5-8H,1-4H2,(H,19,20). The summed E-state index contributed by atoms with van der Waals surface area (Å²) in [5.74, 6) is -0.418. The summed E-state index contributed by atoms with van der Waals surface area (Å²) in [6, 6.07) is 4.51. The number of halogens is 1. The van der Waals surface area contributed by atoms with E-state index in [2.05, 4.69) is 9.97 Å². The van der Waals surface area contributed by atoms with E-state index < -0.39 is 5.97 Å². The average Bonchev–Trinajstić information content (AvgIpc) is 2.49. The lowest BCUT2D eigenvalue weighted by atomic mass is 9.97. The van der Waals surface area contributed by atoms with E-state index >= 15 is 0 Å². The molecule has 0 spiro atoms. The van der Waals surface area contributed by atoms with E-state index in [0.29, 0.717) is 10.9 Å². The molecule has 21 heavy (non-hydrogen) atoms. The fourth-order valence-electron chi connectivity index (χ4n) is 2.44. The highest BCUT2D eigenvalue weighted by atomic mass is 35.5. The van der Waals surface area contributed by atoms with E-state index in [1.807, 2.05) is 0 Å². The number of fused-ring (bicyclic) bond motifs is 1. The zero-order valence-corrected chi connectivity index (χ0v) is 11.9. The SMILES string of the molecule is O=C(O)c1cc(Cl)ccc1Oc1ncnc2c1CCCC2. The maximum Gasteiger partial charge on any atom is 0.339 e. The number of aromatic nitrogens is 2. The van der Waals surface area contributed by atoms with Gasteiger partial charge in [0, 0.05) is 10.6 Å². The molecule has 1 heterocycles. The molecule has 1 aromatic heterocycles. The Morgan fingerprint density at radius 3 is 2.86 bits per heavy atom. The van der Waals surface area contributed by atoms with Gasteiger partial charge in [0.15, 0.2) is 0 Å². The van der Waals surface area contributed by atoms with Gasteiger partial charge in [0.25, 0.3) is 0 Å². The maximum absolute atomic E-state index is 11.3. The van der Waals surface area contributed by atoms with Crippen LogP contribution in [0.5, 0.6) is 11.6 Å². The molecular formula is C15H13ClN2O3. The van der Waals surface area contributed by atoms with Gasteiger partial charge in [-0.25, -0.2) is 14.8 Å². The van der Waals surface area contributed by atoms with Gasteiger partial charge >= 0.3 is 5.97 Å². The lowest BCUT2D eigenvalue weighted by Gasteiger charge is -2.17. The molecule has 1 aromatic carbocycles. The Labute approximate surface area is 126 Å². The van der Waals surface area contributed by atoms with Crippen molar-refractivity contribution in [1.29, 1.82) is 0 Å². The second-order valence-electron chi connectivity index (χ2n) is 4.86. The number of ether oxygens (including phenoxy) is 1. The van der Waals surface area contributed by atoms with E-state index in [4.69, 9.17) is 16.3 Å². The minimum Gasteiger partial charge on any atom is -0.478 e. The van der Waals surface area contributed by atoms with Crippen LogP contribution in [0.15, 0.2) is 24.5 Å². The van der Waals surface area contributed by atoms with Gasteiger partial charge in [0.1, 0.15) is 17.6 Å². The van der Waals surface area contributed by atoms with Crippen LogP contribution in [0, 0.1) is 0 Å². The first-order chi connectivity index (χ1) is 10.1. The third kappa shape index (κ3) is 2.83. The number of benzene rings is 1. The van der Waals surface area contributed by atoms with Crippen molar-refractivity contribution in [3.05, 3.63) is 46.4 Å². The summed E-state index contributed by atoms with van der Waals surface area (Å²) in [4.78, 5) is 19.7. The van der Waals surface area contributed by atoms with Crippen LogP contribution in [-0.4, -0.2) is 21.0 Å². The van der Waals surface area contributed by atoms with Crippen molar-refractivity contribution in [2.75, 3.05) is 0 Å². The Morgan fingerprint density at radius 2 is 2.05 bits per heavy atom. The van der Waals surface area contributed by atoms with Gasteiger partial charge < -0.3 is 9.84 Å². The normalized spacial score (nSPS) is 13.6. The summed E-state index contributed by atoms with van der Waals surface area (Å²) in [5.41, 5.74) is 1.97. The molecule has 1 aliphatic rings. The summed E-state index contributed by atoms with van der Waals surface area (Å²) >= 11 is 5.83. The van der Waals surface area contributed by atoms with Crippen LogP contribution in [0.25, 0.3) is 0 Å². The Kier molecular flexibility index (Phi) is 3.75. The van der Waals surface area contributed by atoms with Crippen LogP contribution >= 0.6 is 11.6 Å². The first-order valence-corrected chi connectivity index (χ1v) is 7.06. The molecule has 0 unspecified atom stereocenters. The van der Waals surface area contributed by atoms with Crippen molar-refractivity contribution in [2.24, 2.45) is 0 Å². The maximum atomic E-state index is 11.3. The number of carboxylic acids is 1. The van der Waals surface area contributed by atoms with Crippen LogP contribution in [0.2, 0.25) is 5.02 Å². The first kappa shape index (κ1) is 13.8. The molecule has 0 aliphatic heterocycles. The first-order valence-electron chi connectivity index (χ1n) is 6.68. The summed E-state index contributed by atoms with van der Waals surface area (Å²) in [7, 11) is 0. The fraction of sp³-hybridized carbons (Fsp3) is 0.267. The highest BCUT2D eigenvalue weighted by molar-refractivity contribution is 6.31. The Balaban J connectivity index is 2.00. The molecular weight excluding hydrogens is 292 g/mol. The zero-order valence-electron chi connectivity index (χ0n) is 11.2. The van der Waals surface area contributed by atoms with Crippen molar-refractivity contribution in [3.63, 3.8) is 0 Å². The minimum atomic E-state index is -1.09. The number of rotatable bonds is 3. The molecule has 0 fully saturated rings. The highest BCUT2D eigenvalue weighted by Gasteiger charge is 2.19. The van der Waals surface area contributed by atoms with Crippen molar-refractivity contribution in [2.45, 2.75) is 25.7 Å². The van der Waals surface area contributed by atoms with Gasteiger partial charge in [-0.1, -0.05) is 11.6 Å². The Bertz CT molecular complexity index is 703. The van der Waals surface area contributed by atoms with Gasteiger partial charge in [-0.15, -0.1) is 0 Å². The van der Waals surface area contributed by atoms with Gasteiger partial charge in [-0.2, -0.15) is 0 Å².